The molecule has 21 heavy (non-hydrogen) atoms. The van der Waals surface area contributed by atoms with Gasteiger partial charge in [0.15, 0.2) is 5.54 Å². The number of methoxy groups -OCH3 is 1. The normalized spacial score (nSPS) is 18.2. The second kappa shape index (κ2) is 6.22. The molecule has 0 aliphatic heterocycles. The lowest BCUT2D eigenvalue weighted by Crippen LogP contribution is -2.64. The quantitative estimate of drug-likeness (QED) is 0.815. The molecule has 6 heteroatoms. The highest BCUT2D eigenvalue weighted by atomic mass is 16.6. The van der Waals surface area contributed by atoms with E-state index in [0.717, 1.165) is 12.8 Å². The van der Waals surface area contributed by atoms with E-state index in [9.17, 15) is 14.7 Å². The number of carboxylic acid groups (broad SMARTS) is 1. The van der Waals surface area contributed by atoms with Gasteiger partial charge in [0, 0.05) is 13.2 Å². The summed E-state index contributed by atoms with van der Waals surface area (Å²) in [5.74, 6) is -1.13. The van der Waals surface area contributed by atoms with Crippen molar-refractivity contribution >= 4 is 12.1 Å². The number of nitrogens with zero attached hydrogens (tertiary/aromatic N) is 1. The number of carbonyl (C=O) groups is 2. The fourth-order valence-corrected chi connectivity index (χ4v) is 2.65. The van der Waals surface area contributed by atoms with Crippen molar-refractivity contribution in [1.29, 1.82) is 0 Å². The van der Waals surface area contributed by atoms with Gasteiger partial charge in [-0.1, -0.05) is 0 Å². The zero-order valence-corrected chi connectivity index (χ0v) is 13.8. The van der Waals surface area contributed by atoms with Gasteiger partial charge in [0.1, 0.15) is 5.60 Å². The third-order valence-corrected chi connectivity index (χ3v) is 3.52. The van der Waals surface area contributed by atoms with Crippen molar-refractivity contribution in [3.05, 3.63) is 0 Å². The van der Waals surface area contributed by atoms with Gasteiger partial charge in [0.25, 0.3) is 0 Å². The number of carbonyl (C=O) groups excluding carboxylic acids is 1. The van der Waals surface area contributed by atoms with E-state index in [1.54, 1.807) is 34.6 Å². The first-order chi connectivity index (χ1) is 9.56. The van der Waals surface area contributed by atoms with Crippen LogP contribution in [0.1, 0.15) is 47.5 Å². The van der Waals surface area contributed by atoms with Crippen LogP contribution in [0.2, 0.25) is 0 Å². The van der Waals surface area contributed by atoms with Crippen LogP contribution in [0, 0.1) is 5.92 Å². The lowest BCUT2D eigenvalue weighted by atomic mass is 9.90. The second-order valence-electron chi connectivity index (χ2n) is 6.88. The van der Waals surface area contributed by atoms with Gasteiger partial charge in [-0.2, -0.15) is 0 Å². The smallest absolute Gasteiger partial charge is 0.411 e. The van der Waals surface area contributed by atoms with E-state index in [1.807, 2.05) is 0 Å². The Morgan fingerprint density at radius 2 is 1.81 bits per heavy atom. The van der Waals surface area contributed by atoms with Crippen LogP contribution in [0.15, 0.2) is 0 Å². The first-order valence-electron chi connectivity index (χ1n) is 7.31. The van der Waals surface area contributed by atoms with Gasteiger partial charge < -0.3 is 14.6 Å². The van der Waals surface area contributed by atoms with E-state index in [1.165, 1.54) is 12.0 Å². The van der Waals surface area contributed by atoms with Gasteiger partial charge in [-0.15, -0.1) is 0 Å². The van der Waals surface area contributed by atoms with E-state index in [-0.39, 0.29) is 18.6 Å². The van der Waals surface area contributed by atoms with Crippen LogP contribution >= 0.6 is 0 Å². The van der Waals surface area contributed by atoms with Gasteiger partial charge in [0.2, 0.25) is 0 Å². The van der Waals surface area contributed by atoms with Crippen molar-refractivity contribution < 1.29 is 24.2 Å². The van der Waals surface area contributed by atoms with Crippen molar-refractivity contribution in [2.24, 2.45) is 5.92 Å². The number of hydrogen-bond donors (Lipinski definition) is 1. The molecule has 1 atom stereocenters. The Morgan fingerprint density at radius 3 is 2.10 bits per heavy atom. The molecule has 1 unspecified atom stereocenters. The first-order valence-corrected chi connectivity index (χ1v) is 7.31. The monoisotopic (exact) mass is 301 g/mol. The maximum Gasteiger partial charge on any atom is 0.411 e. The maximum absolute atomic E-state index is 12.5. The van der Waals surface area contributed by atoms with Crippen molar-refractivity contribution in [2.45, 2.75) is 64.6 Å². The third kappa shape index (κ3) is 3.87. The molecule has 1 aliphatic carbocycles. The molecular formula is C15H27NO5. The van der Waals surface area contributed by atoms with E-state index < -0.39 is 23.2 Å². The summed E-state index contributed by atoms with van der Waals surface area (Å²) < 4.78 is 10.6. The largest absolute Gasteiger partial charge is 0.479 e. The molecular weight excluding hydrogens is 274 g/mol. The average molecular weight is 301 g/mol. The van der Waals surface area contributed by atoms with Gasteiger partial charge in [-0.3, -0.25) is 4.90 Å². The van der Waals surface area contributed by atoms with Crippen LogP contribution in [0.25, 0.3) is 0 Å². The van der Waals surface area contributed by atoms with Crippen molar-refractivity contribution in [1.82, 2.24) is 4.90 Å². The third-order valence-electron chi connectivity index (χ3n) is 3.52. The minimum absolute atomic E-state index is 0.0373. The molecule has 6 nitrogen and oxygen atoms in total. The highest BCUT2D eigenvalue weighted by molar-refractivity contribution is 5.86. The van der Waals surface area contributed by atoms with Gasteiger partial charge in [-0.25, -0.2) is 9.59 Å². The van der Waals surface area contributed by atoms with Gasteiger partial charge in [0.05, 0.1) is 6.61 Å². The van der Waals surface area contributed by atoms with Crippen LogP contribution in [-0.4, -0.2) is 53.0 Å². The second-order valence-corrected chi connectivity index (χ2v) is 6.88. The number of ether oxygens (including phenoxy) is 2. The number of aliphatic carboxylic acids is 1. The molecule has 0 aromatic carbocycles. The summed E-state index contributed by atoms with van der Waals surface area (Å²) in [4.78, 5) is 25.9. The molecule has 1 fully saturated rings. The number of amides is 1. The Hall–Kier alpha value is -1.30. The lowest BCUT2D eigenvalue weighted by molar-refractivity contribution is -0.159. The van der Waals surface area contributed by atoms with E-state index in [4.69, 9.17) is 9.47 Å². The summed E-state index contributed by atoms with van der Waals surface area (Å²) in [6.45, 7) is 8.83. The van der Waals surface area contributed by atoms with Gasteiger partial charge >= 0.3 is 12.1 Å². The minimum Gasteiger partial charge on any atom is -0.479 e. The molecule has 0 bridgehead atoms. The van der Waals surface area contributed by atoms with Crippen LogP contribution in [0.5, 0.6) is 0 Å². The summed E-state index contributed by atoms with van der Waals surface area (Å²) in [6, 6.07) is -0.299. The highest BCUT2D eigenvalue weighted by Crippen LogP contribution is 2.45. The molecule has 0 spiro atoms. The van der Waals surface area contributed by atoms with Crippen molar-refractivity contribution in [2.75, 3.05) is 13.7 Å². The number of rotatable bonds is 6. The Morgan fingerprint density at radius 1 is 1.29 bits per heavy atom. The predicted octanol–water partition coefficient (Wildman–Crippen LogP) is 2.51. The summed E-state index contributed by atoms with van der Waals surface area (Å²) in [5.41, 5.74) is -2.03. The van der Waals surface area contributed by atoms with Crippen molar-refractivity contribution in [3.63, 3.8) is 0 Å². The molecule has 0 aromatic rings. The molecule has 1 aliphatic rings. The van der Waals surface area contributed by atoms with Crippen molar-refractivity contribution in [3.8, 4) is 0 Å². The topological polar surface area (TPSA) is 76.1 Å². The van der Waals surface area contributed by atoms with Crippen LogP contribution in [-0.2, 0) is 14.3 Å². The molecule has 0 aromatic heterocycles. The van der Waals surface area contributed by atoms with Gasteiger partial charge in [-0.05, 0) is 53.4 Å². The molecule has 0 saturated heterocycles. The Balaban J connectivity index is 3.20. The summed E-state index contributed by atoms with van der Waals surface area (Å²) in [6.07, 6.45) is 0.951. The lowest BCUT2D eigenvalue weighted by Gasteiger charge is -2.43. The predicted molar refractivity (Wildman–Crippen MR) is 78.2 cm³/mol. The Bertz CT molecular complexity index is 397. The SMILES string of the molecule is COCC(C(=O)O)(C1CC1)N(C(=O)OC(C)(C)C)C(C)C. The Kier molecular flexibility index (Phi) is 5.25. The molecule has 1 N–H and O–H groups in total. The molecule has 1 saturated carbocycles. The van der Waals surface area contributed by atoms with Crippen LogP contribution in [0.4, 0.5) is 4.79 Å². The number of hydrogen-bond acceptors (Lipinski definition) is 4. The molecule has 0 heterocycles. The van der Waals surface area contributed by atoms with E-state index in [0.29, 0.717) is 0 Å². The standard InChI is InChI=1S/C15H27NO5/c1-10(2)16(13(19)21-14(3,4)5)15(9-20-6,12(17)18)11-7-8-11/h10-11H,7-9H2,1-6H3,(H,17,18). The molecule has 1 rings (SSSR count). The van der Waals surface area contributed by atoms with E-state index in [2.05, 4.69) is 0 Å². The molecule has 0 radical (unpaired) electrons. The molecule has 122 valence electrons. The zero-order chi connectivity index (χ0) is 16.4. The first kappa shape index (κ1) is 17.8. The summed E-state index contributed by atoms with van der Waals surface area (Å²) >= 11 is 0. The highest BCUT2D eigenvalue weighted by Gasteiger charge is 2.58. The Labute approximate surface area is 126 Å². The fraction of sp³-hybridized carbons (Fsp3) is 0.867. The number of carboxylic acids is 1. The minimum atomic E-state index is -1.36. The average Bonchev–Trinajstić information content (AvgIpc) is 3.08. The maximum atomic E-state index is 12.5. The van der Waals surface area contributed by atoms with Crippen LogP contribution in [0.3, 0.4) is 0 Å². The van der Waals surface area contributed by atoms with E-state index >= 15 is 0 Å². The van der Waals surface area contributed by atoms with Crippen LogP contribution < -0.4 is 0 Å². The summed E-state index contributed by atoms with van der Waals surface area (Å²) in [7, 11) is 1.45. The fourth-order valence-electron chi connectivity index (χ4n) is 2.65. The molecule has 1 amide bonds. The zero-order valence-electron chi connectivity index (χ0n) is 13.8. The summed E-state index contributed by atoms with van der Waals surface area (Å²) in [5, 5.41) is 9.80.